The minimum absolute atomic E-state index is 0.290. The first-order chi connectivity index (χ1) is 8.08. The second-order valence-electron chi connectivity index (χ2n) is 4.60. The van der Waals surface area contributed by atoms with E-state index in [-0.39, 0.29) is 6.10 Å². The topological polar surface area (TPSA) is 58.3 Å². The maximum atomic E-state index is 10.0. The molecule has 4 N–H and O–H groups in total. The number of aliphatic hydroxyl groups is 1. The summed E-state index contributed by atoms with van der Waals surface area (Å²) in [6.45, 7) is 6.84. The fourth-order valence-electron chi connectivity index (χ4n) is 2.10. The molecule has 0 bridgehead atoms. The van der Waals surface area contributed by atoms with Gasteiger partial charge in [-0.2, -0.15) is 0 Å². The van der Waals surface area contributed by atoms with Gasteiger partial charge in [0.05, 0.1) is 6.10 Å². The number of aliphatic hydroxyl groups excluding tert-OH is 1. The van der Waals surface area contributed by atoms with Crippen LogP contribution in [0.2, 0.25) is 0 Å². The van der Waals surface area contributed by atoms with Gasteiger partial charge in [0.15, 0.2) is 0 Å². The highest BCUT2D eigenvalue weighted by atomic mass is 16.3. The molecule has 0 spiro atoms. The second-order valence-corrected chi connectivity index (χ2v) is 4.60. The molecule has 1 atom stereocenters. The molecule has 0 heterocycles. The van der Waals surface area contributed by atoms with Crippen LogP contribution >= 0.6 is 0 Å². The number of nitrogens with one attached hydrogen (secondary N) is 1. The Hall–Kier alpha value is -1.22. The van der Waals surface area contributed by atoms with Crippen molar-refractivity contribution >= 4 is 11.4 Å². The molecule has 0 aliphatic heterocycles. The normalized spacial score (nSPS) is 12.8. The van der Waals surface area contributed by atoms with Crippen molar-refractivity contribution in [2.45, 2.75) is 39.7 Å². The molecule has 0 aliphatic rings. The Balaban J connectivity index is 2.55. The molecule has 96 valence electrons. The minimum atomic E-state index is -0.290. The Morgan fingerprint density at radius 2 is 1.94 bits per heavy atom. The molecule has 0 fully saturated rings. The van der Waals surface area contributed by atoms with Gasteiger partial charge in [-0.3, -0.25) is 0 Å². The molecule has 1 aromatic rings. The third-order valence-electron chi connectivity index (χ3n) is 3.35. The van der Waals surface area contributed by atoms with Crippen LogP contribution in [0.5, 0.6) is 0 Å². The molecular weight excluding hydrogens is 212 g/mol. The quantitative estimate of drug-likeness (QED) is 0.666. The summed E-state index contributed by atoms with van der Waals surface area (Å²) >= 11 is 0. The third kappa shape index (κ3) is 3.93. The van der Waals surface area contributed by atoms with Crippen LogP contribution in [0.3, 0.4) is 0 Å². The van der Waals surface area contributed by atoms with Crippen LogP contribution in [-0.2, 0) is 0 Å². The largest absolute Gasteiger partial charge is 0.399 e. The number of nitrogen functional groups attached to an aromatic ring is 1. The zero-order chi connectivity index (χ0) is 12.8. The zero-order valence-electron chi connectivity index (χ0n) is 11.0. The molecule has 3 heteroatoms. The van der Waals surface area contributed by atoms with Crippen LogP contribution in [0.4, 0.5) is 11.4 Å². The minimum Gasteiger partial charge on any atom is -0.399 e. The van der Waals surface area contributed by atoms with E-state index in [4.69, 9.17) is 5.73 Å². The van der Waals surface area contributed by atoms with Gasteiger partial charge in [-0.15, -0.1) is 0 Å². The Morgan fingerprint density at radius 1 is 1.29 bits per heavy atom. The van der Waals surface area contributed by atoms with E-state index < -0.39 is 0 Å². The van der Waals surface area contributed by atoms with Gasteiger partial charge in [-0.1, -0.05) is 26.7 Å². The van der Waals surface area contributed by atoms with Crippen molar-refractivity contribution in [3.8, 4) is 0 Å². The molecule has 17 heavy (non-hydrogen) atoms. The number of hydrogen-bond donors (Lipinski definition) is 3. The van der Waals surface area contributed by atoms with E-state index in [0.717, 1.165) is 29.8 Å². The predicted molar refractivity (Wildman–Crippen MR) is 74.2 cm³/mol. The predicted octanol–water partition coefficient (Wildman–Crippen LogP) is 2.79. The number of anilines is 2. The fourth-order valence-corrected chi connectivity index (χ4v) is 2.10. The SMILES string of the molecule is CCC(CC)C(O)CNc1ccc(N)cc1C. The van der Waals surface area contributed by atoms with Crippen molar-refractivity contribution in [1.29, 1.82) is 0 Å². The second kappa shape index (κ2) is 6.50. The van der Waals surface area contributed by atoms with E-state index in [0.29, 0.717) is 12.5 Å². The lowest BCUT2D eigenvalue weighted by molar-refractivity contribution is 0.114. The van der Waals surface area contributed by atoms with Crippen LogP contribution in [0, 0.1) is 12.8 Å². The van der Waals surface area contributed by atoms with Crippen LogP contribution in [0.15, 0.2) is 18.2 Å². The molecule has 0 radical (unpaired) electrons. The van der Waals surface area contributed by atoms with E-state index in [1.54, 1.807) is 0 Å². The Morgan fingerprint density at radius 3 is 2.47 bits per heavy atom. The Labute approximate surface area is 104 Å². The lowest BCUT2D eigenvalue weighted by Gasteiger charge is -2.21. The van der Waals surface area contributed by atoms with Gasteiger partial charge in [-0.05, 0) is 36.6 Å². The summed E-state index contributed by atoms with van der Waals surface area (Å²) in [4.78, 5) is 0. The molecule has 0 saturated heterocycles. The maximum absolute atomic E-state index is 10.0. The first-order valence-electron chi connectivity index (χ1n) is 6.36. The molecule has 0 amide bonds. The summed E-state index contributed by atoms with van der Waals surface area (Å²) in [5, 5.41) is 13.3. The van der Waals surface area contributed by atoms with Crippen molar-refractivity contribution in [3.63, 3.8) is 0 Å². The number of aryl methyl sites for hydroxylation is 1. The van der Waals surface area contributed by atoms with Crippen LogP contribution in [-0.4, -0.2) is 17.8 Å². The summed E-state index contributed by atoms with van der Waals surface area (Å²) in [6.07, 6.45) is 1.74. The highest BCUT2D eigenvalue weighted by molar-refractivity contribution is 5.57. The monoisotopic (exact) mass is 236 g/mol. The molecule has 1 aromatic carbocycles. The van der Waals surface area contributed by atoms with Crippen molar-refractivity contribution in [3.05, 3.63) is 23.8 Å². The van der Waals surface area contributed by atoms with Gasteiger partial charge in [0, 0.05) is 17.9 Å². The van der Waals surface area contributed by atoms with Crippen LogP contribution in [0.25, 0.3) is 0 Å². The lowest BCUT2D eigenvalue weighted by atomic mass is 9.96. The van der Waals surface area contributed by atoms with Gasteiger partial charge >= 0.3 is 0 Å². The average Bonchev–Trinajstić information content (AvgIpc) is 2.29. The average molecular weight is 236 g/mol. The standard InChI is InChI=1S/C14H24N2O/c1-4-11(5-2)14(17)9-16-13-7-6-12(15)8-10(13)3/h6-8,11,14,16-17H,4-5,9,15H2,1-3H3. The molecule has 1 rings (SSSR count). The molecule has 3 nitrogen and oxygen atoms in total. The lowest BCUT2D eigenvalue weighted by Crippen LogP contribution is -2.27. The Bertz CT molecular complexity index is 348. The van der Waals surface area contributed by atoms with Gasteiger partial charge in [-0.25, -0.2) is 0 Å². The summed E-state index contributed by atoms with van der Waals surface area (Å²) in [7, 11) is 0. The van der Waals surface area contributed by atoms with Crippen LogP contribution < -0.4 is 11.1 Å². The smallest absolute Gasteiger partial charge is 0.0740 e. The first-order valence-corrected chi connectivity index (χ1v) is 6.36. The number of rotatable bonds is 6. The van der Waals surface area contributed by atoms with E-state index >= 15 is 0 Å². The fraction of sp³-hybridized carbons (Fsp3) is 0.571. The molecule has 0 aliphatic carbocycles. The van der Waals surface area contributed by atoms with Gasteiger partial charge in [0.25, 0.3) is 0 Å². The number of hydrogen-bond acceptors (Lipinski definition) is 3. The third-order valence-corrected chi connectivity index (χ3v) is 3.35. The van der Waals surface area contributed by atoms with E-state index in [2.05, 4.69) is 19.2 Å². The summed E-state index contributed by atoms with van der Waals surface area (Å²) in [6, 6.07) is 5.77. The van der Waals surface area contributed by atoms with Crippen molar-refractivity contribution < 1.29 is 5.11 Å². The van der Waals surface area contributed by atoms with E-state index in [1.165, 1.54) is 0 Å². The number of benzene rings is 1. The van der Waals surface area contributed by atoms with E-state index in [9.17, 15) is 5.11 Å². The number of nitrogens with two attached hydrogens (primary N) is 1. The Kier molecular flexibility index (Phi) is 5.29. The highest BCUT2D eigenvalue weighted by Gasteiger charge is 2.15. The maximum Gasteiger partial charge on any atom is 0.0740 e. The zero-order valence-corrected chi connectivity index (χ0v) is 11.0. The van der Waals surface area contributed by atoms with Crippen LogP contribution in [0.1, 0.15) is 32.3 Å². The van der Waals surface area contributed by atoms with Crippen molar-refractivity contribution in [2.24, 2.45) is 5.92 Å². The molecule has 0 saturated carbocycles. The van der Waals surface area contributed by atoms with Crippen molar-refractivity contribution in [2.75, 3.05) is 17.6 Å². The first kappa shape index (κ1) is 13.8. The van der Waals surface area contributed by atoms with Crippen molar-refractivity contribution in [1.82, 2.24) is 0 Å². The molecule has 0 aromatic heterocycles. The van der Waals surface area contributed by atoms with Gasteiger partial charge in [0.1, 0.15) is 0 Å². The van der Waals surface area contributed by atoms with Gasteiger partial charge in [0.2, 0.25) is 0 Å². The summed E-state index contributed by atoms with van der Waals surface area (Å²) < 4.78 is 0. The molecular formula is C14H24N2O. The summed E-state index contributed by atoms with van der Waals surface area (Å²) in [5.41, 5.74) is 8.63. The molecule has 1 unspecified atom stereocenters. The highest BCUT2D eigenvalue weighted by Crippen LogP contribution is 2.19. The summed E-state index contributed by atoms with van der Waals surface area (Å²) in [5.74, 6) is 0.372. The van der Waals surface area contributed by atoms with E-state index in [1.807, 2.05) is 25.1 Å². The van der Waals surface area contributed by atoms with Gasteiger partial charge < -0.3 is 16.2 Å².